The van der Waals surface area contributed by atoms with E-state index in [1.165, 1.54) is 18.5 Å². The van der Waals surface area contributed by atoms with Crippen LogP contribution in [0.15, 0.2) is 30.3 Å². The molecule has 0 unspecified atom stereocenters. The highest BCUT2D eigenvalue weighted by molar-refractivity contribution is 7.88. The zero-order valence-electron chi connectivity index (χ0n) is 17.2. The van der Waals surface area contributed by atoms with Gasteiger partial charge in [0.1, 0.15) is 5.82 Å². The molecular weight excluding hydrogens is 370 g/mol. The molecule has 0 saturated heterocycles. The zero-order chi connectivity index (χ0) is 19.9. The number of hydrogen-bond donors (Lipinski definition) is 0. The Kier molecular flexibility index (Phi) is 5.12. The molecule has 0 N–H and O–H groups in total. The highest BCUT2D eigenvalue weighted by Gasteiger charge is 2.33. The SMILES string of the molecule is CC(C)(C)Cc1nc2c(n1CC1CC1)CCN(S(=O)(=O)Cc1ccccc1)C2. The van der Waals surface area contributed by atoms with Crippen LogP contribution in [0.1, 0.15) is 56.4 Å². The fourth-order valence-corrected chi connectivity index (χ4v) is 5.46. The molecule has 4 rings (SSSR count). The molecule has 0 amide bonds. The monoisotopic (exact) mass is 401 g/mol. The number of fused-ring (bicyclic) bond motifs is 1. The summed E-state index contributed by atoms with van der Waals surface area (Å²) in [7, 11) is -3.34. The summed E-state index contributed by atoms with van der Waals surface area (Å²) in [6.07, 6.45) is 4.29. The van der Waals surface area contributed by atoms with E-state index in [0.717, 1.165) is 42.4 Å². The standard InChI is InChI=1S/C22H31N3O2S/c1-22(2,3)13-21-23-19-15-24(12-11-20(19)25(21)14-17-9-10-17)28(26,27)16-18-7-5-4-6-8-18/h4-8,17H,9-16H2,1-3H3. The summed E-state index contributed by atoms with van der Waals surface area (Å²) in [5.74, 6) is 1.96. The van der Waals surface area contributed by atoms with Crippen LogP contribution in [0.3, 0.4) is 0 Å². The molecule has 6 heteroatoms. The Bertz CT molecular complexity index is 938. The van der Waals surface area contributed by atoms with Crippen molar-refractivity contribution in [3.05, 3.63) is 53.1 Å². The van der Waals surface area contributed by atoms with Crippen LogP contribution in [0.2, 0.25) is 0 Å². The Morgan fingerprint density at radius 1 is 1.14 bits per heavy atom. The first kappa shape index (κ1) is 19.6. The molecule has 0 radical (unpaired) electrons. The van der Waals surface area contributed by atoms with Gasteiger partial charge in [-0.1, -0.05) is 51.1 Å². The van der Waals surface area contributed by atoms with Crippen molar-refractivity contribution in [3.8, 4) is 0 Å². The highest BCUT2D eigenvalue weighted by Crippen LogP contribution is 2.34. The van der Waals surface area contributed by atoms with Gasteiger partial charge in [0, 0.05) is 31.6 Å². The number of imidazole rings is 1. The minimum absolute atomic E-state index is 0.0564. The lowest BCUT2D eigenvalue weighted by molar-refractivity contribution is 0.377. The highest BCUT2D eigenvalue weighted by atomic mass is 32.2. The first-order chi connectivity index (χ1) is 13.2. The average Bonchev–Trinajstić information content (AvgIpc) is 3.37. The molecule has 152 valence electrons. The molecule has 0 bridgehead atoms. The number of sulfonamides is 1. The van der Waals surface area contributed by atoms with Gasteiger partial charge in [0.05, 0.1) is 18.0 Å². The van der Waals surface area contributed by atoms with Gasteiger partial charge in [0.2, 0.25) is 10.0 Å². The first-order valence-electron chi connectivity index (χ1n) is 10.3. The van der Waals surface area contributed by atoms with Gasteiger partial charge in [-0.05, 0) is 29.7 Å². The third-order valence-electron chi connectivity index (χ3n) is 5.57. The molecular formula is C22H31N3O2S. The Hall–Kier alpha value is -1.66. The second-order valence-corrected chi connectivity index (χ2v) is 11.5. The maximum atomic E-state index is 13.0. The van der Waals surface area contributed by atoms with E-state index < -0.39 is 10.0 Å². The fourth-order valence-electron chi connectivity index (χ4n) is 3.97. The van der Waals surface area contributed by atoms with Gasteiger partial charge in [-0.25, -0.2) is 13.4 Å². The number of benzene rings is 1. The van der Waals surface area contributed by atoms with Gasteiger partial charge in [-0.3, -0.25) is 0 Å². The molecule has 1 fully saturated rings. The summed E-state index contributed by atoms with van der Waals surface area (Å²) in [6.45, 7) is 8.70. The summed E-state index contributed by atoms with van der Waals surface area (Å²) in [5, 5.41) is 0. The maximum absolute atomic E-state index is 13.0. The summed E-state index contributed by atoms with van der Waals surface area (Å²) in [6, 6.07) is 9.43. The van der Waals surface area contributed by atoms with Crippen LogP contribution < -0.4 is 0 Å². The largest absolute Gasteiger partial charge is 0.331 e. The van der Waals surface area contributed by atoms with Crippen molar-refractivity contribution in [2.24, 2.45) is 11.3 Å². The van der Waals surface area contributed by atoms with Crippen LogP contribution >= 0.6 is 0 Å². The smallest absolute Gasteiger partial charge is 0.218 e. The summed E-state index contributed by atoms with van der Waals surface area (Å²) in [4.78, 5) is 4.94. The number of hydrogen-bond acceptors (Lipinski definition) is 3. The van der Waals surface area contributed by atoms with E-state index in [9.17, 15) is 8.42 Å². The van der Waals surface area contributed by atoms with Crippen molar-refractivity contribution < 1.29 is 8.42 Å². The van der Waals surface area contributed by atoms with Gasteiger partial charge >= 0.3 is 0 Å². The lowest BCUT2D eigenvalue weighted by Crippen LogP contribution is -2.37. The molecule has 2 aromatic rings. The number of nitrogens with zero attached hydrogens (tertiary/aromatic N) is 3. The molecule has 0 atom stereocenters. The van der Waals surface area contributed by atoms with Crippen LogP contribution in [-0.2, 0) is 41.7 Å². The normalized spacial score (nSPS) is 18.2. The van der Waals surface area contributed by atoms with Crippen molar-refractivity contribution in [2.45, 2.75) is 65.3 Å². The van der Waals surface area contributed by atoms with Crippen molar-refractivity contribution in [3.63, 3.8) is 0 Å². The lowest BCUT2D eigenvalue weighted by Gasteiger charge is -2.26. The summed E-state index contributed by atoms with van der Waals surface area (Å²) < 4.78 is 30.0. The van der Waals surface area contributed by atoms with E-state index in [-0.39, 0.29) is 11.2 Å². The van der Waals surface area contributed by atoms with Gasteiger partial charge < -0.3 is 4.57 Å². The van der Waals surface area contributed by atoms with Crippen LogP contribution in [0.4, 0.5) is 0 Å². The zero-order valence-corrected chi connectivity index (χ0v) is 18.0. The minimum Gasteiger partial charge on any atom is -0.331 e. The van der Waals surface area contributed by atoms with Gasteiger partial charge in [-0.2, -0.15) is 4.31 Å². The molecule has 1 aromatic carbocycles. The fraction of sp³-hybridized carbons (Fsp3) is 0.591. The van der Waals surface area contributed by atoms with E-state index in [1.54, 1.807) is 4.31 Å². The topological polar surface area (TPSA) is 55.2 Å². The van der Waals surface area contributed by atoms with Gasteiger partial charge in [0.25, 0.3) is 0 Å². The summed E-state index contributed by atoms with van der Waals surface area (Å²) in [5.41, 5.74) is 3.22. The predicted molar refractivity (Wildman–Crippen MR) is 111 cm³/mol. The Balaban J connectivity index is 1.57. The predicted octanol–water partition coefficient (Wildman–Crippen LogP) is 3.77. The van der Waals surface area contributed by atoms with E-state index in [4.69, 9.17) is 4.98 Å². The van der Waals surface area contributed by atoms with Crippen molar-refractivity contribution in [1.82, 2.24) is 13.9 Å². The van der Waals surface area contributed by atoms with Crippen LogP contribution in [-0.4, -0.2) is 28.8 Å². The molecule has 0 spiro atoms. The first-order valence-corrected chi connectivity index (χ1v) is 11.9. The molecule has 1 saturated carbocycles. The second-order valence-electron chi connectivity index (χ2n) is 9.54. The van der Waals surface area contributed by atoms with Crippen LogP contribution in [0.5, 0.6) is 0 Å². The van der Waals surface area contributed by atoms with E-state index in [0.29, 0.717) is 13.1 Å². The quantitative estimate of drug-likeness (QED) is 0.740. The average molecular weight is 402 g/mol. The third-order valence-corrected chi connectivity index (χ3v) is 7.37. The second kappa shape index (κ2) is 7.30. The van der Waals surface area contributed by atoms with Crippen LogP contribution in [0, 0.1) is 11.3 Å². The minimum atomic E-state index is -3.34. The van der Waals surface area contributed by atoms with Crippen LogP contribution in [0.25, 0.3) is 0 Å². The Morgan fingerprint density at radius 2 is 1.86 bits per heavy atom. The molecule has 2 heterocycles. The molecule has 1 aliphatic carbocycles. The Morgan fingerprint density at radius 3 is 2.50 bits per heavy atom. The lowest BCUT2D eigenvalue weighted by atomic mass is 9.92. The molecule has 1 aromatic heterocycles. The molecule has 1 aliphatic heterocycles. The number of aromatic nitrogens is 2. The molecule has 5 nitrogen and oxygen atoms in total. The van der Waals surface area contributed by atoms with Crippen molar-refractivity contribution in [2.75, 3.05) is 6.54 Å². The van der Waals surface area contributed by atoms with Gasteiger partial charge in [-0.15, -0.1) is 0 Å². The van der Waals surface area contributed by atoms with E-state index >= 15 is 0 Å². The Labute approximate surface area is 168 Å². The van der Waals surface area contributed by atoms with Gasteiger partial charge in [0.15, 0.2) is 0 Å². The van der Waals surface area contributed by atoms with E-state index in [2.05, 4.69) is 25.3 Å². The third kappa shape index (κ3) is 4.49. The van der Waals surface area contributed by atoms with Crippen molar-refractivity contribution in [1.29, 1.82) is 0 Å². The molecule has 2 aliphatic rings. The molecule has 28 heavy (non-hydrogen) atoms. The summed E-state index contributed by atoms with van der Waals surface area (Å²) >= 11 is 0. The number of rotatable bonds is 6. The van der Waals surface area contributed by atoms with E-state index in [1.807, 2.05) is 30.3 Å². The maximum Gasteiger partial charge on any atom is 0.218 e. The van der Waals surface area contributed by atoms with Crippen molar-refractivity contribution >= 4 is 10.0 Å².